The number of benzene rings is 6. The van der Waals surface area contributed by atoms with Crippen molar-refractivity contribution in [2.24, 2.45) is 0 Å². The molecule has 8 rings (SSSR count). The highest BCUT2D eigenvalue weighted by Gasteiger charge is 2.20. The number of nitrogens with zero attached hydrogens (tertiary/aromatic N) is 1. The van der Waals surface area contributed by atoms with E-state index in [9.17, 15) is 4.79 Å². The molecule has 37 heavy (non-hydrogen) atoms. The fraction of sp³-hybridized carbons (Fsp3) is 0. The average Bonchev–Trinajstić information content (AvgIpc) is 3.30. The van der Waals surface area contributed by atoms with Crippen LogP contribution in [0.1, 0.15) is 0 Å². The summed E-state index contributed by atoms with van der Waals surface area (Å²) < 4.78 is 1.93. The van der Waals surface area contributed by atoms with E-state index in [1.54, 1.807) is 0 Å². The first-order valence-electron chi connectivity index (χ1n) is 12.6. The van der Waals surface area contributed by atoms with Gasteiger partial charge in [0.05, 0.1) is 11.0 Å². The lowest BCUT2D eigenvalue weighted by atomic mass is 9.94. The molecule has 0 radical (unpaired) electrons. The fourth-order valence-corrected chi connectivity index (χ4v) is 6.02. The van der Waals surface area contributed by atoms with Crippen LogP contribution in [0.3, 0.4) is 0 Å². The highest BCUT2D eigenvalue weighted by atomic mass is 16.1. The van der Waals surface area contributed by atoms with Gasteiger partial charge < -0.3 is 0 Å². The minimum atomic E-state index is 0.0353. The second kappa shape index (κ2) is 7.52. The molecule has 2 heterocycles. The van der Waals surface area contributed by atoms with Crippen molar-refractivity contribution < 1.29 is 0 Å². The summed E-state index contributed by atoms with van der Waals surface area (Å²) in [6, 6.07) is 44.3. The Morgan fingerprint density at radius 1 is 0.432 bits per heavy atom. The van der Waals surface area contributed by atoms with E-state index in [0.29, 0.717) is 0 Å². The Kier molecular flexibility index (Phi) is 4.12. The van der Waals surface area contributed by atoms with Gasteiger partial charge in [-0.1, -0.05) is 97.1 Å². The monoisotopic (exact) mass is 471 g/mol. The van der Waals surface area contributed by atoms with Crippen molar-refractivity contribution in [2.45, 2.75) is 0 Å². The summed E-state index contributed by atoms with van der Waals surface area (Å²) in [7, 11) is 0. The molecule has 0 aliphatic carbocycles. The lowest BCUT2D eigenvalue weighted by Gasteiger charge is -2.11. The van der Waals surface area contributed by atoms with Crippen LogP contribution in [0.4, 0.5) is 0 Å². The zero-order valence-electron chi connectivity index (χ0n) is 20.0. The molecule has 2 nitrogen and oxygen atoms in total. The number of rotatable bonds is 2. The highest BCUT2D eigenvalue weighted by Crippen LogP contribution is 2.40. The minimum Gasteiger partial charge on any atom is -0.275 e. The number of hydrogen-bond acceptors (Lipinski definition) is 1. The van der Waals surface area contributed by atoms with Gasteiger partial charge in [0.15, 0.2) is 0 Å². The lowest BCUT2D eigenvalue weighted by molar-refractivity contribution is 1.21. The average molecular weight is 472 g/mol. The van der Waals surface area contributed by atoms with Gasteiger partial charge >= 0.3 is 0 Å². The van der Waals surface area contributed by atoms with E-state index in [2.05, 4.69) is 109 Å². The van der Waals surface area contributed by atoms with Gasteiger partial charge in [-0.25, -0.2) is 0 Å². The Morgan fingerprint density at radius 2 is 1.08 bits per heavy atom. The first-order chi connectivity index (χ1) is 18.3. The number of pyridine rings is 1. The molecule has 2 heteroatoms. The van der Waals surface area contributed by atoms with Crippen molar-refractivity contribution in [1.82, 2.24) is 4.40 Å². The molecule has 0 fully saturated rings. The second-order valence-electron chi connectivity index (χ2n) is 9.73. The molecule has 0 aliphatic heterocycles. The van der Waals surface area contributed by atoms with Gasteiger partial charge in [-0.15, -0.1) is 0 Å². The molecule has 0 atom stereocenters. The Hall–Kier alpha value is -4.95. The second-order valence-corrected chi connectivity index (χ2v) is 9.73. The molecule has 0 amide bonds. The molecule has 8 aromatic rings. The number of fused-ring (bicyclic) bond motifs is 7. The van der Waals surface area contributed by atoms with Crippen LogP contribution >= 0.6 is 0 Å². The van der Waals surface area contributed by atoms with E-state index in [4.69, 9.17) is 0 Å². The fourth-order valence-electron chi connectivity index (χ4n) is 6.02. The van der Waals surface area contributed by atoms with Crippen LogP contribution in [0, 0.1) is 0 Å². The predicted octanol–water partition coefficient (Wildman–Crippen LogP) is 8.68. The maximum Gasteiger partial charge on any atom is 0.263 e. The van der Waals surface area contributed by atoms with Gasteiger partial charge in [0, 0.05) is 26.9 Å². The maximum absolute atomic E-state index is 14.1. The van der Waals surface area contributed by atoms with Crippen LogP contribution in [0.25, 0.3) is 71.0 Å². The normalized spacial score (nSPS) is 11.9. The minimum absolute atomic E-state index is 0.0353. The molecule has 0 aliphatic rings. The topological polar surface area (TPSA) is 21.5 Å². The third-order valence-electron chi connectivity index (χ3n) is 7.71. The van der Waals surface area contributed by atoms with E-state index >= 15 is 0 Å². The molecular weight excluding hydrogens is 450 g/mol. The lowest BCUT2D eigenvalue weighted by Crippen LogP contribution is -2.13. The van der Waals surface area contributed by atoms with E-state index < -0.39 is 0 Å². The van der Waals surface area contributed by atoms with Crippen molar-refractivity contribution in [3.8, 4) is 22.3 Å². The van der Waals surface area contributed by atoms with E-state index in [1.807, 2.05) is 22.6 Å². The third-order valence-corrected chi connectivity index (χ3v) is 7.71. The van der Waals surface area contributed by atoms with Crippen molar-refractivity contribution in [3.05, 3.63) is 138 Å². The summed E-state index contributed by atoms with van der Waals surface area (Å²) in [5, 5.41) is 7.36. The third kappa shape index (κ3) is 2.84. The van der Waals surface area contributed by atoms with Gasteiger partial charge in [-0.2, -0.15) is 0 Å². The largest absolute Gasteiger partial charge is 0.275 e. The SMILES string of the molecule is O=c1c2ccc3ccccc3c2c2cc(-c3ccccc3)cc3c4cc(-c5ccccc5)ccc4n1c32. The molecule has 2 aromatic heterocycles. The van der Waals surface area contributed by atoms with Crippen LogP contribution in [0.2, 0.25) is 0 Å². The van der Waals surface area contributed by atoms with Crippen molar-refractivity contribution in [3.63, 3.8) is 0 Å². The van der Waals surface area contributed by atoms with Crippen molar-refractivity contribution >= 4 is 48.7 Å². The molecule has 172 valence electrons. The first kappa shape index (κ1) is 20.3. The van der Waals surface area contributed by atoms with Gasteiger partial charge in [0.1, 0.15) is 0 Å². The quantitative estimate of drug-likeness (QED) is 0.231. The molecular formula is C35H21NO. The molecule has 0 N–H and O–H groups in total. The van der Waals surface area contributed by atoms with Gasteiger partial charge in [-0.3, -0.25) is 9.20 Å². The highest BCUT2D eigenvalue weighted by molar-refractivity contribution is 6.26. The smallest absolute Gasteiger partial charge is 0.263 e. The van der Waals surface area contributed by atoms with E-state index in [-0.39, 0.29) is 5.56 Å². The molecule has 0 bridgehead atoms. The summed E-state index contributed by atoms with van der Waals surface area (Å²) in [6.45, 7) is 0. The zero-order valence-corrected chi connectivity index (χ0v) is 20.0. The van der Waals surface area contributed by atoms with E-state index in [1.165, 1.54) is 11.1 Å². The molecule has 6 aromatic carbocycles. The molecule has 0 unspecified atom stereocenters. The van der Waals surface area contributed by atoms with Crippen molar-refractivity contribution in [2.75, 3.05) is 0 Å². The maximum atomic E-state index is 14.1. The molecule has 0 saturated heterocycles. The summed E-state index contributed by atoms with van der Waals surface area (Å²) >= 11 is 0. The van der Waals surface area contributed by atoms with Crippen LogP contribution in [-0.4, -0.2) is 4.40 Å². The molecule has 0 spiro atoms. The zero-order chi connectivity index (χ0) is 24.5. The number of hydrogen-bond donors (Lipinski definition) is 0. The Morgan fingerprint density at radius 3 is 1.86 bits per heavy atom. The van der Waals surface area contributed by atoms with Gasteiger partial charge in [0.2, 0.25) is 0 Å². The van der Waals surface area contributed by atoms with Gasteiger partial charge in [0.25, 0.3) is 5.56 Å². The predicted molar refractivity (Wildman–Crippen MR) is 156 cm³/mol. The van der Waals surface area contributed by atoms with Crippen LogP contribution in [0.5, 0.6) is 0 Å². The molecule has 0 saturated carbocycles. The Labute approximate surface area is 213 Å². The summed E-state index contributed by atoms with van der Waals surface area (Å²) in [4.78, 5) is 14.1. The first-order valence-corrected chi connectivity index (χ1v) is 12.6. The number of aromatic nitrogens is 1. The summed E-state index contributed by atoms with van der Waals surface area (Å²) in [5.74, 6) is 0. The van der Waals surface area contributed by atoms with Crippen LogP contribution < -0.4 is 5.56 Å². The standard InChI is InChI=1S/C35H21NO/c37-35-28-17-15-24-13-7-8-14-27(24)33(28)31-21-26(23-11-5-2-6-12-23)20-30-29-19-25(22-9-3-1-4-10-22)16-18-32(29)36(35)34(30)31/h1-21H. The summed E-state index contributed by atoms with van der Waals surface area (Å²) in [6.07, 6.45) is 0. The Balaban J connectivity index is 1.63. The summed E-state index contributed by atoms with van der Waals surface area (Å²) in [5.41, 5.74) is 6.61. The van der Waals surface area contributed by atoms with Gasteiger partial charge in [-0.05, 0) is 63.4 Å². The van der Waals surface area contributed by atoms with E-state index in [0.717, 1.165) is 59.9 Å². The Bertz CT molecular complexity index is 2190. The van der Waals surface area contributed by atoms with Crippen molar-refractivity contribution in [1.29, 1.82) is 0 Å². The van der Waals surface area contributed by atoms with Crippen LogP contribution in [0.15, 0.2) is 132 Å². The van der Waals surface area contributed by atoms with Crippen LogP contribution in [-0.2, 0) is 0 Å².